The number of rotatable bonds is 1. The van der Waals surface area contributed by atoms with Gasteiger partial charge in [-0.2, -0.15) is 0 Å². The Hall–Kier alpha value is -3.65. The van der Waals surface area contributed by atoms with Crippen LogP contribution >= 0.6 is 0 Å². The number of aryl methyl sites for hydroxylation is 2. The predicted octanol–water partition coefficient (Wildman–Crippen LogP) is 8.74. The molecular weight excluding hydrogens is 412 g/mol. The molecule has 0 radical (unpaired) electrons. The van der Waals surface area contributed by atoms with Crippen LogP contribution in [0.5, 0.6) is 0 Å². The van der Waals surface area contributed by atoms with Gasteiger partial charge in [0.25, 0.3) is 0 Å². The van der Waals surface area contributed by atoms with Crippen LogP contribution in [0.3, 0.4) is 0 Å². The molecule has 3 heterocycles. The van der Waals surface area contributed by atoms with E-state index >= 15 is 0 Å². The van der Waals surface area contributed by atoms with Crippen LogP contribution in [0.4, 0.5) is 0 Å². The molecule has 0 amide bonds. The lowest BCUT2D eigenvalue weighted by Gasteiger charge is -2.20. The molecule has 2 heteroatoms. The molecule has 166 valence electrons. The highest BCUT2D eigenvalue weighted by Crippen LogP contribution is 2.44. The predicted molar refractivity (Wildman–Crippen MR) is 147 cm³/mol. The summed E-state index contributed by atoms with van der Waals surface area (Å²) in [4.78, 5) is 4.97. The van der Waals surface area contributed by atoms with Gasteiger partial charge in [-0.05, 0) is 65.1 Å². The molecule has 4 aromatic carbocycles. The number of benzene rings is 4. The fraction of sp³-hybridized carbons (Fsp3) is 0.219. The Labute approximate surface area is 199 Å². The molecule has 7 aromatic rings. The average Bonchev–Trinajstić information content (AvgIpc) is 3.14. The van der Waals surface area contributed by atoms with Crippen molar-refractivity contribution in [1.29, 1.82) is 0 Å². The highest BCUT2D eigenvalue weighted by Gasteiger charge is 2.23. The number of nitrogens with zero attached hydrogens (tertiary/aromatic N) is 2. The van der Waals surface area contributed by atoms with Crippen LogP contribution in [0, 0.1) is 19.3 Å². The van der Waals surface area contributed by atoms with E-state index in [1.807, 2.05) is 6.20 Å². The van der Waals surface area contributed by atoms with Gasteiger partial charge in [-0.25, -0.2) is 0 Å². The molecule has 0 spiro atoms. The first-order valence-corrected chi connectivity index (χ1v) is 12.2. The first-order chi connectivity index (χ1) is 16.3. The zero-order valence-electron chi connectivity index (χ0n) is 20.5. The molecule has 0 atom stereocenters. The zero-order chi connectivity index (χ0) is 23.4. The third-order valence-corrected chi connectivity index (χ3v) is 7.48. The zero-order valence-corrected chi connectivity index (χ0v) is 20.5. The lowest BCUT2D eigenvalue weighted by atomic mass is 9.87. The molecule has 0 N–H and O–H groups in total. The van der Waals surface area contributed by atoms with E-state index in [1.165, 1.54) is 70.9 Å². The van der Waals surface area contributed by atoms with Gasteiger partial charge >= 0.3 is 0 Å². The van der Waals surface area contributed by atoms with Crippen molar-refractivity contribution in [1.82, 2.24) is 9.38 Å². The largest absolute Gasteiger partial charge is 0.307 e. The monoisotopic (exact) mass is 440 g/mol. The first kappa shape index (κ1) is 19.8. The number of hydrogen-bond acceptors (Lipinski definition) is 1. The highest BCUT2D eigenvalue weighted by atomic mass is 14.9. The lowest BCUT2D eigenvalue weighted by molar-refractivity contribution is 0.412. The molecule has 0 bridgehead atoms. The van der Waals surface area contributed by atoms with E-state index in [4.69, 9.17) is 4.98 Å². The van der Waals surface area contributed by atoms with Gasteiger partial charge in [-0.3, -0.25) is 4.98 Å². The maximum absolute atomic E-state index is 4.97. The Kier molecular flexibility index (Phi) is 3.77. The van der Waals surface area contributed by atoms with Crippen LogP contribution in [0.1, 0.15) is 37.5 Å². The highest BCUT2D eigenvalue weighted by molar-refractivity contribution is 6.29. The molecule has 0 saturated carbocycles. The summed E-state index contributed by atoms with van der Waals surface area (Å²) >= 11 is 0. The molecule has 3 aromatic heterocycles. The molecule has 0 saturated heterocycles. The lowest BCUT2D eigenvalue weighted by Crippen LogP contribution is -2.10. The van der Waals surface area contributed by atoms with Gasteiger partial charge in [0, 0.05) is 27.7 Å². The Bertz CT molecular complexity index is 1930. The van der Waals surface area contributed by atoms with Crippen molar-refractivity contribution in [3.05, 3.63) is 83.6 Å². The second kappa shape index (κ2) is 6.48. The van der Waals surface area contributed by atoms with Crippen molar-refractivity contribution in [2.24, 2.45) is 5.41 Å². The summed E-state index contributed by atoms with van der Waals surface area (Å²) in [6.45, 7) is 11.5. The van der Waals surface area contributed by atoms with Crippen LogP contribution in [0.2, 0.25) is 0 Å². The maximum Gasteiger partial charge on any atom is 0.0823 e. The summed E-state index contributed by atoms with van der Waals surface area (Å²) < 4.78 is 2.58. The Morgan fingerprint density at radius 3 is 2.35 bits per heavy atom. The van der Waals surface area contributed by atoms with Crippen LogP contribution in [0.25, 0.3) is 59.8 Å². The molecule has 7 rings (SSSR count). The molecule has 34 heavy (non-hydrogen) atoms. The first-order valence-electron chi connectivity index (χ1n) is 12.2. The quantitative estimate of drug-likeness (QED) is 0.184. The van der Waals surface area contributed by atoms with E-state index < -0.39 is 0 Å². The third kappa shape index (κ3) is 2.54. The Morgan fingerprint density at radius 2 is 1.53 bits per heavy atom. The average molecular weight is 441 g/mol. The summed E-state index contributed by atoms with van der Waals surface area (Å²) in [5.74, 6) is 0. The van der Waals surface area contributed by atoms with E-state index in [-0.39, 0.29) is 5.41 Å². The van der Waals surface area contributed by atoms with Crippen LogP contribution in [-0.4, -0.2) is 9.38 Å². The molecule has 2 nitrogen and oxygen atoms in total. The minimum absolute atomic E-state index is 0.201. The van der Waals surface area contributed by atoms with Gasteiger partial charge in [0.1, 0.15) is 0 Å². The molecule has 0 aliphatic carbocycles. The topological polar surface area (TPSA) is 17.3 Å². The van der Waals surface area contributed by atoms with Crippen LogP contribution in [-0.2, 0) is 6.42 Å². The van der Waals surface area contributed by atoms with E-state index in [0.29, 0.717) is 0 Å². The summed E-state index contributed by atoms with van der Waals surface area (Å²) in [7, 11) is 0. The van der Waals surface area contributed by atoms with E-state index in [9.17, 15) is 0 Å². The molecule has 0 aliphatic heterocycles. The normalized spacial score (nSPS) is 13.0. The van der Waals surface area contributed by atoms with E-state index in [1.54, 1.807) is 0 Å². The second-order valence-electron chi connectivity index (χ2n) is 11.2. The minimum atomic E-state index is 0.201. The number of fused-ring (bicyclic) bond motifs is 7. The van der Waals surface area contributed by atoms with Gasteiger partial charge < -0.3 is 4.40 Å². The van der Waals surface area contributed by atoms with E-state index in [2.05, 4.69) is 99.7 Å². The van der Waals surface area contributed by atoms with Crippen molar-refractivity contribution < 1.29 is 0 Å². The summed E-state index contributed by atoms with van der Waals surface area (Å²) in [5, 5.41) is 9.04. The number of para-hydroxylation sites is 1. The minimum Gasteiger partial charge on any atom is -0.307 e. The molecule has 0 fully saturated rings. The Balaban J connectivity index is 1.86. The summed E-state index contributed by atoms with van der Waals surface area (Å²) in [6.07, 6.45) is 3.00. The summed E-state index contributed by atoms with van der Waals surface area (Å²) in [6, 6.07) is 22.8. The number of hydrogen-bond donors (Lipinski definition) is 0. The number of pyridine rings is 2. The van der Waals surface area contributed by atoms with Crippen LogP contribution < -0.4 is 0 Å². The van der Waals surface area contributed by atoms with Gasteiger partial charge in [-0.15, -0.1) is 0 Å². The summed E-state index contributed by atoms with van der Waals surface area (Å²) in [5.41, 5.74) is 9.29. The molecular formula is C32H28N2. The van der Waals surface area contributed by atoms with Gasteiger partial charge in [0.15, 0.2) is 0 Å². The fourth-order valence-corrected chi connectivity index (χ4v) is 6.17. The standard InChI is InChI=1S/C32H28N2/c1-18-9-10-21-16-26-28-27-20(13-14-33-28)11-12-24-23-8-6-7-22(17-32(3,4)5)30(23)34(31(24)27)29(26)19(2)25(21)15-18/h6-16H,17H2,1-5H3. The van der Waals surface area contributed by atoms with Crippen molar-refractivity contribution in [2.75, 3.05) is 0 Å². The van der Waals surface area contributed by atoms with Gasteiger partial charge in [0.05, 0.1) is 22.1 Å². The molecule has 0 aliphatic rings. The van der Waals surface area contributed by atoms with E-state index in [0.717, 1.165) is 11.9 Å². The second-order valence-corrected chi connectivity index (χ2v) is 11.2. The van der Waals surface area contributed by atoms with Crippen molar-refractivity contribution in [3.8, 4) is 0 Å². The number of aromatic nitrogens is 2. The van der Waals surface area contributed by atoms with Gasteiger partial charge in [0.2, 0.25) is 0 Å². The van der Waals surface area contributed by atoms with Gasteiger partial charge in [-0.1, -0.05) is 74.9 Å². The third-order valence-electron chi connectivity index (χ3n) is 7.48. The fourth-order valence-electron chi connectivity index (χ4n) is 6.17. The van der Waals surface area contributed by atoms with Crippen LogP contribution in [0.15, 0.2) is 66.9 Å². The van der Waals surface area contributed by atoms with Crippen molar-refractivity contribution in [2.45, 2.75) is 41.0 Å². The van der Waals surface area contributed by atoms with Crippen molar-refractivity contribution in [3.63, 3.8) is 0 Å². The molecule has 0 unspecified atom stereocenters. The van der Waals surface area contributed by atoms with Crippen molar-refractivity contribution >= 4 is 59.8 Å². The maximum atomic E-state index is 4.97. The SMILES string of the molecule is Cc1ccc2cc3c4nccc5ccc6c7cccc(CC(C)(C)C)c7n(c3c(C)c2c1)c6c54. The smallest absolute Gasteiger partial charge is 0.0823 e. The Morgan fingerprint density at radius 1 is 0.735 bits per heavy atom.